The predicted molar refractivity (Wildman–Crippen MR) is 72.7 cm³/mol. The van der Waals surface area contributed by atoms with Crippen molar-refractivity contribution < 1.29 is 9.53 Å². The monoisotopic (exact) mass is 257 g/mol. The molecule has 0 aliphatic carbocycles. The first kappa shape index (κ1) is 15.2. The highest BCUT2D eigenvalue weighted by atomic mass is 16.6. The van der Waals surface area contributed by atoms with E-state index in [1.807, 2.05) is 27.7 Å². The molecule has 2 atom stereocenters. The minimum absolute atomic E-state index is 0.127. The van der Waals surface area contributed by atoms with Gasteiger partial charge in [-0.1, -0.05) is 0 Å². The van der Waals surface area contributed by atoms with Gasteiger partial charge >= 0.3 is 6.09 Å². The molecule has 1 fully saturated rings. The van der Waals surface area contributed by atoms with Gasteiger partial charge in [-0.25, -0.2) is 4.79 Å². The summed E-state index contributed by atoms with van der Waals surface area (Å²) in [6, 6.07) is 0.709. The second kappa shape index (κ2) is 6.95. The van der Waals surface area contributed by atoms with Gasteiger partial charge in [0.2, 0.25) is 0 Å². The van der Waals surface area contributed by atoms with Gasteiger partial charge < -0.3 is 20.7 Å². The van der Waals surface area contributed by atoms with Crippen molar-refractivity contribution in [2.75, 3.05) is 19.6 Å². The van der Waals surface area contributed by atoms with Crippen LogP contribution in [0.5, 0.6) is 0 Å². The van der Waals surface area contributed by atoms with Crippen molar-refractivity contribution in [3.63, 3.8) is 0 Å². The van der Waals surface area contributed by atoms with E-state index in [9.17, 15) is 4.79 Å². The minimum Gasteiger partial charge on any atom is -0.444 e. The molecule has 2 unspecified atom stereocenters. The fourth-order valence-electron chi connectivity index (χ4n) is 1.91. The maximum Gasteiger partial charge on any atom is 0.407 e. The van der Waals surface area contributed by atoms with Crippen LogP contribution in [0.1, 0.15) is 40.5 Å². The maximum absolute atomic E-state index is 11.5. The van der Waals surface area contributed by atoms with Crippen LogP contribution in [0.4, 0.5) is 4.79 Å². The highest BCUT2D eigenvalue weighted by molar-refractivity contribution is 5.67. The van der Waals surface area contributed by atoms with E-state index in [-0.39, 0.29) is 12.1 Å². The fraction of sp³-hybridized carbons (Fsp3) is 0.923. The molecule has 1 aliphatic rings. The molecule has 5 nitrogen and oxygen atoms in total. The Balaban J connectivity index is 2.09. The number of ether oxygens (including phenoxy) is 1. The van der Waals surface area contributed by atoms with Crippen molar-refractivity contribution in [1.82, 2.24) is 16.0 Å². The summed E-state index contributed by atoms with van der Waals surface area (Å²) in [6.07, 6.45) is 1.77. The van der Waals surface area contributed by atoms with Crippen LogP contribution in [0.25, 0.3) is 0 Å². The Kier molecular flexibility index (Phi) is 5.88. The largest absolute Gasteiger partial charge is 0.444 e. The zero-order valence-corrected chi connectivity index (χ0v) is 12.0. The second-order valence-electron chi connectivity index (χ2n) is 5.98. The van der Waals surface area contributed by atoms with E-state index >= 15 is 0 Å². The molecular formula is C13H27N3O2. The van der Waals surface area contributed by atoms with Gasteiger partial charge in [-0.2, -0.15) is 0 Å². The van der Waals surface area contributed by atoms with Gasteiger partial charge in [0.25, 0.3) is 0 Å². The lowest BCUT2D eigenvalue weighted by Crippen LogP contribution is -2.40. The number of rotatable bonds is 5. The van der Waals surface area contributed by atoms with Crippen molar-refractivity contribution in [2.24, 2.45) is 0 Å². The molecule has 3 N–H and O–H groups in total. The molecule has 1 heterocycles. The van der Waals surface area contributed by atoms with Crippen molar-refractivity contribution in [2.45, 2.75) is 58.2 Å². The molecule has 0 aromatic rings. The molecule has 0 aromatic heterocycles. The Hall–Kier alpha value is -0.810. The molecule has 106 valence electrons. The highest BCUT2D eigenvalue weighted by Gasteiger charge is 2.18. The Morgan fingerprint density at radius 2 is 2.22 bits per heavy atom. The van der Waals surface area contributed by atoms with E-state index in [0.29, 0.717) is 6.04 Å². The zero-order valence-electron chi connectivity index (χ0n) is 12.0. The lowest BCUT2D eigenvalue weighted by Gasteiger charge is -2.22. The molecule has 0 saturated carbocycles. The average molecular weight is 257 g/mol. The lowest BCUT2D eigenvalue weighted by atomic mass is 10.2. The summed E-state index contributed by atoms with van der Waals surface area (Å²) < 4.78 is 5.21. The summed E-state index contributed by atoms with van der Waals surface area (Å²) in [6.45, 7) is 10.7. The molecule has 1 saturated heterocycles. The van der Waals surface area contributed by atoms with Gasteiger partial charge in [-0.15, -0.1) is 0 Å². The van der Waals surface area contributed by atoms with Crippen LogP contribution in [-0.4, -0.2) is 43.4 Å². The maximum atomic E-state index is 11.5. The third kappa shape index (κ3) is 6.81. The van der Waals surface area contributed by atoms with E-state index in [4.69, 9.17) is 4.74 Å². The van der Waals surface area contributed by atoms with Crippen LogP contribution in [0, 0.1) is 0 Å². The Labute approximate surface area is 110 Å². The number of carbonyl (C=O) groups is 1. The highest BCUT2D eigenvalue weighted by Crippen LogP contribution is 2.07. The molecular weight excluding hydrogens is 230 g/mol. The lowest BCUT2D eigenvalue weighted by molar-refractivity contribution is 0.0506. The normalized spacial score (nSPS) is 21.7. The summed E-state index contributed by atoms with van der Waals surface area (Å²) in [5, 5.41) is 9.64. The molecule has 0 aromatic carbocycles. The second-order valence-corrected chi connectivity index (χ2v) is 5.98. The fourth-order valence-corrected chi connectivity index (χ4v) is 1.91. The first-order valence-corrected chi connectivity index (χ1v) is 6.80. The smallest absolute Gasteiger partial charge is 0.407 e. The van der Waals surface area contributed by atoms with E-state index in [2.05, 4.69) is 16.0 Å². The van der Waals surface area contributed by atoms with E-state index in [1.54, 1.807) is 0 Å². The van der Waals surface area contributed by atoms with Crippen LogP contribution in [0.15, 0.2) is 0 Å². The number of hydrogen-bond donors (Lipinski definition) is 3. The number of carbonyl (C=O) groups excluding carboxylic acids is 1. The first-order valence-electron chi connectivity index (χ1n) is 6.80. The first-order chi connectivity index (χ1) is 8.37. The molecule has 1 amide bonds. The zero-order chi connectivity index (χ0) is 13.6. The van der Waals surface area contributed by atoms with Crippen molar-refractivity contribution in [3.05, 3.63) is 0 Å². The van der Waals surface area contributed by atoms with Crippen LogP contribution >= 0.6 is 0 Å². The van der Waals surface area contributed by atoms with E-state index in [0.717, 1.165) is 26.1 Å². The summed E-state index contributed by atoms with van der Waals surface area (Å²) in [5.41, 5.74) is -0.433. The molecule has 0 spiro atoms. The summed E-state index contributed by atoms with van der Waals surface area (Å²) in [5.74, 6) is 0. The number of alkyl carbamates (subject to hydrolysis) is 1. The number of hydrogen-bond acceptors (Lipinski definition) is 4. The molecule has 1 rings (SSSR count). The average Bonchev–Trinajstić information content (AvgIpc) is 2.66. The van der Waals surface area contributed by atoms with Gasteiger partial charge in [0.15, 0.2) is 0 Å². The summed E-state index contributed by atoms with van der Waals surface area (Å²) in [4.78, 5) is 11.5. The topological polar surface area (TPSA) is 62.4 Å². The van der Waals surface area contributed by atoms with Crippen molar-refractivity contribution in [3.8, 4) is 0 Å². The predicted octanol–water partition coefficient (Wildman–Crippen LogP) is 1.24. The van der Waals surface area contributed by atoms with Gasteiger partial charge in [0.05, 0.1) is 0 Å². The molecule has 5 heteroatoms. The van der Waals surface area contributed by atoms with Gasteiger partial charge in [0, 0.05) is 18.6 Å². The molecule has 1 aliphatic heterocycles. The van der Waals surface area contributed by atoms with Gasteiger partial charge in [-0.05, 0) is 53.6 Å². The minimum atomic E-state index is -0.433. The molecule has 18 heavy (non-hydrogen) atoms. The SMILES string of the molecule is CC(CCNC1CCNC1)NC(=O)OC(C)(C)C. The summed E-state index contributed by atoms with van der Waals surface area (Å²) in [7, 11) is 0. The van der Waals surface area contributed by atoms with E-state index < -0.39 is 5.60 Å². The van der Waals surface area contributed by atoms with E-state index in [1.165, 1.54) is 6.42 Å². The van der Waals surface area contributed by atoms with Gasteiger partial charge in [0.1, 0.15) is 5.60 Å². The molecule has 0 bridgehead atoms. The van der Waals surface area contributed by atoms with Crippen LogP contribution in [0.2, 0.25) is 0 Å². The Bertz CT molecular complexity index is 257. The third-order valence-electron chi connectivity index (χ3n) is 2.83. The van der Waals surface area contributed by atoms with Crippen LogP contribution < -0.4 is 16.0 Å². The van der Waals surface area contributed by atoms with Crippen molar-refractivity contribution in [1.29, 1.82) is 0 Å². The Morgan fingerprint density at radius 1 is 1.50 bits per heavy atom. The Morgan fingerprint density at radius 3 is 2.78 bits per heavy atom. The van der Waals surface area contributed by atoms with Crippen molar-refractivity contribution >= 4 is 6.09 Å². The third-order valence-corrected chi connectivity index (χ3v) is 2.83. The van der Waals surface area contributed by atoms with Crippen LogP contribution in [-0.2, 0) is 4.74 Å². The standard InChI is InChI=1S/C13H27N3O2/c1-10(16-12(17)18-13(2,3)4)5-8-15-11-6-7-14-9-11/h10-11,14-15H,5-9H2,1-4H3,(H,16,17). The van der Waals surface area contributed by atoms with Crippen LogP contribution in [0.3, 0.4) is 0 Å². The molecule has 0 radical (unpaired) electrons. The van der Waals surface area contributed by atoms with Gasteiger partial charge in [-0.3, -0.25) is 0 Å². The summed E-state index contributed by atoms with van der Waals surface area (Å²) >= 11 is 0. The number of nitrogens with one attached hydrogen (secondary N) is 3. The quantitative estimate of drug-likeness (QED) is 0.693. The number of amides is 1.